The van der Waals surface area contributed by atoms with E-state index in [-0.39, 0.29) is 24.3 Å². The van der Waals surface area contributed by atoms with Crippen LogP contribution in [-0.4, -0.2) is 65.1 Å². The van der Waals surface area contributed by atoms with Gasteiger partial charge in [0.25, 0.3) is 0 Å². The molecule has 29 heavy (non-hydrogen) atoms. The van der Waals surface area contributed by atoms with Crippen LogP contribution in [0.5, 0.6) is 0 Å². The summed E-state index contributed by atoms with van der Waals surface area (Å²) in [6.07, 6.45) is 7.70. The third kappa shape index (κ3) is 4.65. The summed E-state index contributed by atoms with van der Waals surface area (Å²) in [5.41, 5.74) is 6.15. The molecule has 0 spiro atoms. The van der Waals surface area contributed by atoms with Crippen molar-refractivity contribution in [2.75, 3.05) is 19.7 Å². The highest BCUT2D eigenvalue weighted by Crippen LogP contribution is 2.39. The summed E-state index contributed by atoms with van der Waals surface area (Å²) in [5, 5.41) is 21.2. The molecule has 0 aromatic heterocycles. The van der Waals surface area contributed by atoms with Crippen LogP contribution in [0.3, 0.4) is 0 Å². The number of nitrogens with two attached hydrogens (primary N) is 1. The average Bonchev–Trinajstić information content (AvgIpc) is 3.13. The smallest absolute Gasteiger partial charge is 0.230 e. The van der Waals surface area contributed by atoms with Crippen LogP contribution < -0.4 is 5.73 Å². The van der Waals surface area contributed by atoms with Crippen LogP contribution in [0.25, 0.3) is 0 Å². The highest BCUT2D eigenvalue weighted by molar-refractivity contribution is 5.80. The number of fused-ring (bicyclic) bond motifs is 1. The quantitative estimate of drug-likeness (QED) is 0.660. The van der Waals surface area contributed by atoms with Crippen molar-refractivity contribution in [2.45, 2.75) is 89.1 Å². The number of carbonyl (C=O) groups is 1. The number of likely N-dealkylation sites (tertiary alicyclic amines) is 1. The summed E-state index contributed by atoms with van der Waals surface area (Å²) in [6, 6.07) is 0.258. The summed E-state index contributed by atoms with van der Waals surface area (Å²) >= 11 is 0. The maximum atomic E-state index is 13.5. The monoisotopic (exact) mass is 408 g/mol. The minimum atomic E-state index is -0.838. The van der Waals surface area contributed by atoms with Gasteiger partial charge in [0.05, 0.1) is 24.2 Å². The molecule has 6 nitrogen and oxygen atoms in total. The first-order chi connectivity index (χ1) is 13.9. The average molecular weight is 409 g/mol. The first-order valence-corrected chi connectivity index (χ1v) is 12.0. The molecule has 6 heteroatoms. The molecule has 0 radical (unpaired) electrons. The van der Waals surface area contributed by atoms with Crippen LogP contribution >= 0.6 is 0 Å². The van der Waals surface area contributed by atoms with E-state index in [0.29, 0.717) is 24.4 Å². The van der Waals surface area contributed by atoms with E-state index in [9.17, 15) is 15.0 Å². The Bertz CT molecular complexity index is 567. The van der Waals surface area contributed by atoms with Gasteiger partial charge in [0.1, 0.15) is 0 Å². The van der Waals surface area contributed by atoms with Gasteiger partial charge in [-0.05, 0) is 49.9 Å². The Hall–Kier alpha value is -0.690. The van der Waals surface area contributed by atoms with E-state index < -0.39 is 24.2 Å². The van der Waals surface area contributed by atoms with Gasteiger partial charge in [-0.15, -0.1) is 0 Å². The predicted octanol–water partition coefficient (Wildman–Crippen LogP) is 1.92. The Labute approximate surface area is 175 Å². The van der Waals surface area contributed by atoms with Crippen molar-refractivity contribution in [1.82, 2.24) is 4.90 Å². The van der Waals surface area contributed by atoms with Crippen molar-refractivity contribution in [3.63, 3.8) is 0 Å². The fraction of sp³-hybridized carbons (Fsp3) is 0.957. The number of amides is 1. The van der Waals surface area contributed by atoms with Crippen LogP contribution in [0.15, 0.2) is 0 Å². The van der Waals surface area contributed by atoms with Gasteiger partial charge >= 0.3 is 0 Å². The summed E-state index contributed by atoms with van der Waals surface area (Å²) in [7, 11) is 0. The number of aliphatic hydroxyl groups excluding tert-OH is 2. The Morgan fingerprint density at radius 3 is 2.48 bits per heavy atom. The van der Waals surface area contributed by atoms with E-state index in [4.69, 9.17) is 10.5 Å². The van der Waals surface area contributed by atoms with Crippen LogP contribution in [0.1, 0.15) is 64.7 Å². The van der Waals surface area contributed by atoms with E-state index in [0.717, 1.165) is 32.4 Å². The first-order valence-electron chi connectivity index (χ1n) is 12.0. The molecule has 4 rings (SSSR count). The number of aliphatic hydroxyl groups is 2. The molecule has 8 unspecified atom stereocenters. The normalized spacial score (nSPS) is 43.9. The van der Waals surface area contributed by atoms with Gasteiger partial charge in [-0.25, -0.2) is 0 Å². The summed E-state index contributed by atoms with van der Waals surface area (Å²) in [4.78, 5) is 15.5. The number of carbonyl (C=O) groups excluding carboxylic acids is 1. The number of hydrogen-bond donors (Lipinski definition) is 3. The van der Waals surface area contributed by atoms with Crippen LogP contribution in [-0.2, 0) is 9.53 Å². The molecule has 4 N–H and O–H groups in total. The topological polar surface area (TPSA) is 96.0 Å². The first kappa shape index (κ1) is 21.5. The van der Waals surface area contributed by atoms with Crippen molar-refractivity contribution in [3.05, 3.63) is 0 Å². The predicted molar refractivity (Wildman–Crippen MR) is 111 cm³/mol. The van der Waals surface area contributed by atoms with Gasteiger partial charge in [-0.2, -0.15) is 0 Å². The lowest BCUT2D eigenvalue weighted by molar-refractivity contribution is -0.169. The Morgan fingerprint density at radius 2 is 1.72 bits per heavy atom. The minimum Gasteiger partial charge on any atom is -0.393 e. The molecule has 1 saturated heterocycles. The molecule has 166 valence electrons. The molecule has 3 aliphatic carbocycles. The fourth-order valence-corrected chi connectivity index (χ4v) is 6.39. The number of rotatable bonds is 4. The highest BCUT2D eigenvalue weighted by atomic mass is 16.5. The molecular weight excluding hydrogens is 368 g/mol. The molecule has 4 fully saturated rings. The van der Waals surface area contributed by atoms with Gasteiger partial charge in [0, 0.05) is 38.1 Å². The number of hydrogen-bond acceptors (Lipinski definition) is 5. The molecule has 0 aromatic carbocycles. The lowest BCUT2D eigenvalue weighted by atomic mass is 9.75. The number of ether oxygens (including phenoxy) is 1. The summed E-state index contributed by atoms with van der Waals surface area (Å²) < 4.78 is 6.32. The van der Waals surface area contributed by atoms with Crippen molar-refractivity contribution in [1.29, 1.82) is 0 Å². The maximum absolute atomic E-state index is 13.5. The number of nitrogens with zero attached hydrogens (tertiary/aromatic N) is 1. The van der Waals surface area contributed by atoms with Crippen LogP contribution in [0.4, 0.5) is 0 Å². The maximum Gasteiger partial charge on any atom is 0.230 e. The largest absolute Gasteiger partial charge is 0.393 e. The zero-order valence-corrected chi connectivity index (χ0v) is 17.9. The fourth-order valence-electron chi connectivity index (χ4n) is 6.39. The Balaban J connectivity index is 1.44. The molecule has 0 bridgehead atoms. The Morgan fingerprint density at radius 1 is 1.00 bits per heavy atom. The molecule has 1 heterocycles. The molecule has 4 aliphatic rings. The lowest BCUT2D eigenvalue weighted by Crippen LogP contribution is -2.55. The van der Waals surface area contributed by atoms with Crippen LogP contribution in [0.2, 0.25) is 0 Å². The highest BCUT2D eigenvalue weighted by Gasteiger charge is 2.49. The second kappa shape index (κ2) is 9.21. The van der Waals surface area contributed by atoms with Crippen LogP contribution in [0, 0.1) is 29.6 Å². The van der Waals surface area contributed by atoms with Gasteiger partial charge in [0.15, 0.2) is 0 Å². The van der Waals surface area contributed by atoms with E-state index >= 15 is 0 Å². The second-order valence-corrected chi connectivity index (χ2v) is 10.4. The van der Waals surface area contributed by atoms with E-state index in [1.165, 1.54) is 32.1 Å². The molecule has 0 aromatic rings. The van der Waals surface area contributed by atoms with Gasteiger partial charge in [-0.1, -0.05) is 26.2 Å². The van der Waals surface area contributed by atoms with Crippen molar-refractivity contribution in [2.24, 2.45) is 35.3 Å². The SMILES string of the molecule is CC1C(O)CC(O)C(C(=O)N2CC3CCC(N)CC3C2)C1OCC1CCCCC1. The second-order valence-electron chi connectivity index (χ2n) is 10.4. The summed E-state index contributed by atoms with van der Waals surface area (Å²) in [5.74, 6) is 0.893. The van der Waals surface area contributed by atoms with E-state index in [1.807, 2.05) is 11.8 Å². The molecule has 1 aliphatic heterocycles. The lowest BCUT2D eigenvalue weighted by Gasteiger charge is -2.43. The van der Waals surface area contributed by atoms with Crippen molar-refractivity contribution < 1.29 is 19.7 Å². The zero-order valence-electron chi connectivity index (χ0n) is 17.9. The third-order valence-corrected chi connectivity index (χ3v) is 8.31. The van der Waals surface area contributed by atoms with Gasteiger partial charge in [0.2, 0.25) is 5.91 Å². The molecular formula is C23H40N2O4. The molecule has 8 atom stereocenters. The zero-order chi connectivity index (χ0) is 20.5. The summed E-state index contributed by atoms with van der Waals surface area (Å²) in [6.45, 7) is 4.14. The van der Waals surface area contributed by atoms with E-state index in [2.05, 4.69) is 0 Å². The van der Waals surface area contributed by atoms with Gasteiger partial charge < -0.3 is 25.6 Å². The molecule has 1 amide bonds. The van der Waals surface area contributed by atoms with Gasteiger partial charge in [-0.3, -0.25) is 4.79 Å². The van der Waals surface area contributed by atoms with Crippen molar-refractivity contribution in [3.8, 4) is 0 Å². The minimum absolute atomic E-state index is 0.0212. The van der Waals surface area contributed by atoms with Crippen molar-refractivity contribution >= 4 is 5.91 Å². The Kier molecular flexibility index (Phi) is 6.84. The third-order valence-electron chi connectivity index (χ3n) is 8.31. The van der Waals surface area contributed by atoms with E-state index in [1.54, 1.807) is 0 Å². The standard InChI is InChI=1S/C23H40N2O4/c1-14-19(26)10-20(27)21(22(14)29-13-15-5-3-2-4-6-15)23(28)25-11-16-7-8-18(24)9-17(16)12-25/h14-22,26-27H,2-13,24H2,1H3. The molecule has 3 saturated carbocycles.